The minimum Gasteiger partial charge on any atom is -0.496 e. The molecule has 0 bridgehead atoms. The van der Waals surface area contributed by atoms with Crippen LogP contribution in [0.2, 0.25) is 0 Å². The van der Waals surface area contributed by atoms with Crippen LogP contribution >= 0.6 is 12.4 Å². The summed E-state index contributed by atoms with van der Waals surface area (Å²) < 4.78 is 7.00. The van der Waals surface area contributed by atoms with E-state index >= 15 is 0 Å². The number of nitrogens with one attached hydrogen (secondary N) is 2. The van der Waals surface area contributed by atoms with Crippen LogP contribution in [0.25, 0.3) is 0 Å². The summed E-state index contributed by atoms with van der Waals surface area (Å²) in [5.41, 5.74) is 2.03. The Labute approximate surface area is 154 Å². The summed E-state index contributed by atoms with van der Waals surface area (Å²) in [5.74, 6) is 1.18. The van der Waals surface area contributed by atoms with Crippen LogP contribution < -0.4 is 15.4 Å². The molecule has 0 spiro atoms. The van der Waals surface area contributed by atoms with Crippen LogP contribution in [0.1, 0.15) is 30.0 Å². The van der Waals surface area contributed by atoms with Crippen molar-refractivity contribution in [1.29, 1.82) is 0 Å². The number of piperidine rings is 1. The van der Waals surface area contributed by atoms with E-state index in [2.05, 4.69) is 15.7 Å². The van der Waals surface area contributed by atoms with Crippen molar-refractivity contribution in [3.8, 4) is 5.75 Å². The van der Waals surface area contributed by atoms with Crippen molar-refractivity contribution in [3.63, 3.8) is 0 Å². The van der Waals surface area contributed by atoms with E-state index in [1.807, 2.05) is 36.5 Å². The van der Waals surface area contributed by atoms with Gasteiger partial charge in [0.1, 0.15) is 12.3 Å². The number of nitrogens with zero attached hydrogens (tertiary/aromatic N) is 2. The predicted molar refractivity (Wildman–Crippen MR) is 99.2 cm³/mol. The third kappa shape index (κ3) is 5.21. The average Bonchev–Trinajstić information content (AvgIpc) is 3.09. The standard InChI is InChI=1S/C18H24N4O2.ClH/c1-24-17-7-3-2-5-15(17)12-20-18(23)13-22-10-8-16(21-22)14-6-4-9-19-11-14;/h2-3,5,7-8,10,14,19H,4,6,9,11-13H2,1H3,(H,20,23);1H. The first-order valence-electron chi connectivity index (χ1n) is 8.39. The van der Waals surface area contributed by atoms with Crippen molar-refractivity contribution in [2.45, 2.75) is 31.8 Å². The van der Waals surface area contributed by atoms with E-state index in [4.69, 9.17) is 4.74 Å². The number of para-hydroxylation sites is 1. The molecule has 1 saturated heterocycles. The SMILES string of the molecule is COc1ccccc1CNC(=O)Cn1ccc(C2CCCNC2)n1.Cl. The first kappa shape index (κ1) is 19.3. The number of ether oxygens (including phenoxy) is 1. The van der Waals surface area contributed by atoms with Crippen LogP contribution in [0, 0.1) is 0 Å². The Morgan fingerprint density at radius 3 is 3.00 bits per heavy atom. The average molecular weight is 365 g/mol. The van der Waals surface area contributed by atoms with Gasteiger partial charge in [0.2, 0.25) is 5.91 Å². The number of hydrogen-bond acceptors (Lipinski definition) is 4. The number of aromatic nitrogens is 2. The van der Waals surface area contributed by atoms with Gasteiger partial charge >= 0.3 is 0 Å². The number of rotatable bonds is 6. The van der Waals surface area contributed by atoms with E-state index in [0.717, 1.165) is 36.5 Å². The number of benzene rings is 1. The molecule has 1 aromatic heterocycles. The highest BCUT2D eigenvalue weighted by Crippen LogP contribution is 2.21. The lowest BCUT2D eigenvalue weighted by Crippen LogP contribution is -2.29. The Kier molecular flexibility index (Phi) is 7.28. The first-order chi connectivity index (χ1) is 11.8. The van der Waals surface area contributed by atoms with Gasteiger partial charge in [-0.1, -0.05) is 18.2 Å². The molecule has 7 heteroatoms. The van der Waals surface area contributed by atoms with Crippen LogP contribution in [0.15, 0.2) is 36.5 Å². The van der Waals surface area contributed by atoms with Crippen molar-refractivity contribution in [2.75, 3.05) is 20.2 Å². The van der Waals surface area contributed by atoms with Gasteiger partial charge in [-0.25, -0.2) is 0 Å². The van der Waals surface area contributed by atoms with E-state index in [1.165, 1.54) is 6.42 Å². The number of amides is 1. The summed E-state index contributed by atoms with van der Waals surface area (Å²) >= 11 is 0. The van der Waals surface area contributed by atoms with Gasteiger partial charge < -0.3 is 15.4 Å². The molecular weight excluding hydrogens is 340 g/mol. The monoisotopic (exact) mass is 364 g/mol. The van der Waals surface area contributed by atoms with E-state index < -0.39 is 0 Å². The van der Waals surface area contributed by atoms with Crippen molar-refractivity contribution in [2.24, 2.45) is 0 Å². The van der Waals surface area contributed by atoms with Gasteiger partial charge in [0.25, 0.3) is 0 Å². The topological polar surface area (TPSA) is 68.2 Å². The van der Waals surface area contributed by atoms with Crippen molar-refractivity contribution >= 4 is 18.3 Å². The Morgan fingerprint density at radius 1 is 1.40 bits per heavy atom. The summed E-state index contributed by atoms with van der Waals surface area (Å²) in [7, 11) is 1.63. The summed E-state index contributed by atoms with van der Waals surface area (Å²) in [6.45, 7) is 2.73. The van der Waals surface area contributed by atoms with E-state index in [0.29, 0.717) is 12.5 Å². The quantitative estimate of drug-likeness (QED) is 0.823. The van der Waals surface area contributed by atoms with Gasteiger partial charge in [-0.2, -0.15) is 5.10 Å². The zero-order valence-corrected chi connectivity index (χ0v) is 15.2. The second kappa shape index (κ2) is 9.44. The van der Waals surface area contributed by atoms with E-state index in [1.54, 1.807) is 11.8 Å². The maximum absolute atomic E-state index is 12.1. The molecule has 2 N–H and O–H groups in total. The van der Waals surface area contributed by atoms with Gasteiger partial charge in [-0.15, -0.1) is 12.4 Å². The van der Waals surface area contributed by atoms with Crippen LogP contribution in [0.4, 0.5) is 0 Å². The molecule has 0 radical (unpaired) electrons. The fraction of sp³-hybridized carbons (Fsp3) is 0.444. The summed E-state index contributed by atoms with van der Waals surface area (Å²) in [6, 6.07) is 9.70. The fourth-order valence-electron chi connectivity index (χ4n) is 3.03. The molecule has 6 nitrogen and oxygen atoms in total. The molecule has 1 aliphatic rings. The van der Waals surface area contributed by atoms with Crippen molar-refractivity contribution < 1.29 is 9.53 Å². The zero-order valence-electron chi connectivity index (χ0n) is 14.4. The fourth-order valence-corrected chi connectivity index (χ4v) is 3.03. The summed E-state index contributed by atoms with van der Waals surface area (Å²) in [6.07, 6.45) is 4.22. The van der Waals surface area contributed by atoms with Crippen molar-refractivity contribution in [3.05, 3.63) is 47.8 Å². The zero-order chi connectivity index (χ0) is 16.8. The Morgan fingerprint density at radius 2 is 2.24 bits per heavy atom. The third-order valence-corrected chi connectivity index (χ3v) is 4.35. The number of carbonyl (C=O) groups is 1. The molecule has 25 heavy (non-hydrogen) atoms. The largest absolute Gasteiger partial charge is 0.496 e. The molecule has 2 heterocycles. The number of carbonyl (C=O) groups excluding carboxylic acids is 1. The number of hydrogen-bond donors (Lipinski definition) is 2. The first-order valence-corrected chi connectivity index (χ1v) is 8.39. The van der Waals surface area contributed by atoms with Gasteiger partial charge in [0.15, 0.2) is 0 Å². The molecule has 3 rings (SSSR count). The lowest BCUT2D eigenvalue weighted by atomic mass is 9.97. The van der Waals surface area contributed by atoms with Gasteiger partial charge in [-0.05, 0) is 31.5 Å². The molecule has 0 saturated carbocycles. The van der Waals surface area contributed by atoms with Crippen LogP contribution in [0.3, 0.4) is 0 Å². The Hall–Kier alpha value is -2.05. The third-order valence-electron chi connectivity index (χ3n) is 4.35. The van der Waals surface area contributed by atoms with Crippen LogP contribution in [-0.2, 0) is 17.9 Å². The minimum absolute atomic E-state index is 0. The van der Waals surface area contributed by atoms with Crippen LogP contribution in [-0.4, -0.2) is 35.9 Å². The maximum Gasteiger partial charge on any atom is 0.241 e. The summed E-state index contributed by atoms with van der Waals surface area (Å²) in [4.78, 5) is 12.1. The Balaban J connectivity index is 0.00000225. The van der Waals surface area contributed by atoms with Gasteiger partial charge in [-0.3, -0.25) is 9.48 Å². The Bertz CT molecular complexity index is 683. The summed E-state index contributed by atoms with van der Waals surface area (Å²) in [5, 5.41) is 10.9. The van der Waals surface area contributed by atoms with Crippen LogP contribution in [0.5, 0.6) is 5.75 Å². The van der Waals surface area contributed by atoms with E-state index in [-0.39, 0.29) is 24.9 Å². The number of methoxy groups -OCH3 is 1. The second-order valence-corrected chi connectivity index (χ2v) is 6.07. The molecule has 0 aliphatic carbocycles. The maximum atomic E-state index is 12.1. The molecule has 1 unspecified atom stereocenters. The highest BCUT2D eigenvalue weighted by Gasteiger charge is 2.17. The minimum atomic E-state index is -0.0580. The molecule has 1 aliphatic heterocycles. The highest BCUT2D eigenvalue weighted by molar-refractivity contribution is 5.85. The molecule has 1 aromatic carbocycles. The van der Waals surface area contributed by atoms with Gasteiger partial charge in [0, 0.05) is 30.8 Å². The smallest absolute Gasteiger partial charge is 0.241 e. The molecule has 2 aromatic rings. The molecular formula is C18H25ClN4O2. The highest BCUT2D eigenvalue weighted by atomic mass is 35.5. The lowest BCUT2D eigenvalue weighted by Gasteiger charge is -2.20. The lowest BCUT2D eigenvalue weighted by molar-refractivity contribution is -0.122. The molecule has 1 amide bonds. The normalized spacial score (nSPS) is 16.8. The molecule has 1 atom stereocenters. The number of halogens is 1. The molecule has 1 fully saturated rings. The van der Waals surface area contributed by atoms with Crippen molar-refractivity contribution in [1.82, 2.24) is 20.4 Å². The van der Waals surface area contributed by atoms with Gasteiger partial charge in [0.05, 0.1) is 12.8 Å². The van der Waals surface area contributed by atoms with E-state index in [9.17, 15) is 4.79 Å². The predicted octanol–water partition coefficient (Wildman–Crippen LogP) is 2.10. The molecule has 136 valence electrons. The second-order valence-electron chi connectivity index (χ2n) is 6.07.